The molecule has 0 heterocycles. The minimum Gasteiger partial charge on any atom is -0.278 e. The first-order chi connectivity index (χ1) is 15.1. The molecule has 0 atom stereocenters. The third-order valence-electron chi connectivity index (χ3n) is 4.27. The Labute approximate surface area is 199 Å². The number of sulfonamides is 1. The van der Waals surface area contributed by atoms with Crippen LogP contribution < -0.4 is 10.1 Å². The Balaban J connectivity index is 2.00. The number of nitro groups is 1. The van der Waals surface area contributed by atoms with Crippen LogP contribution in [0.1, 0.15) is 12.5 Å². The summed E-state index contributed by atoms with van der Waals surface area (Å²) in [7, 11) is -4.26. The molecule has 166 valence electrons. The van der Waals surface area contributed by atoms with E-state index in [1.54, 1.807) is 37.3 Å². The molecule has 32 heavy (non-hydrogen) atoms. The van der Waals surface area contributed by atoms with Gasteiger partial charge in [0.1, 0.15) is 4.90 Å². The summed E-state index contributed by atoms with van der Waals surface area (Å²) in [5.74, 6) is 0. The van der Waals surface area contributed by atoms with Gasteiger partial charge in [-0.2, -0.15) is 5.10 Å². The lowest BCUT2D eigenvalue weighted by molar-refractivity contribution is -0.385. The molecule has 3 rings (SSSR count). The summed E-state index contributed by atoms with van der Waals surface area (Å²) >= 11 is 18.0. The molecule has 0 aliphatic heterocycles. The van der Waals surface area contributed by atoms with Gasteiger partial charge in [0.2, 0.25) is 0 Å². The molecule has 0 saturated heterocycles. The van der Waals surface area contributed by atoms with E-state index < -0.39 is 20.6 Å². The van der Waals surface area contributed by atoms with Gasteiger partial charge >= 0.3 is 0 Å². The van der Waals surface area contributed by atoms with E-state index in [2.05, 4.69) is 15.2 Å². The molecular formula is C20H15Cl3N4O4S. The lowest BCUT2D eigenvalue weighted by Gasteiger charge is -2.13. The van der Waals surface area contributed by atoms with Gasteiger partial charge in [0.05, 0.1) is 37.1 Å². The van der Waals surface area contributed by atoms with Crippen LogP contribution in [0, 0.1) is 10.1 Å². The number of rotatable bonds is 7. The van der Waals surface area contributed by atoms with E-state index in [0.29, 0.717) is 21.3 Å². The molecule has 8 nitrogen and oxygen atoms in total. The van der Waals surface area contributed by atoms with Crippen molar-refractivity contribution < 1.29 is 13.3 Å². The second kappa shape index (κ2) is 9.74. The fourth-order valence-electron chi connectivity index (χ4n) is 2.61. The Hall–Kier alpha value is -2.85. The second-order valence-corrected chi connectivity index (χ2v) is 9.33. The highest BCUT2D eigenvalue weighted by Gasteiger charge is 2.23. The second-order valence-electron chi connectivity index (χ2n) is 6.46. The van der Waals surface area contributed by atoms with Crippen LogP contribution >= 0.6 is 34.8 Å². The zero-order valence-electron chi connectivity index (χ0n) is 16.3. The van der Waals surface area contributed by atoms with Crippen molar-refractivity contribution in [2.24, 2.45) is 5.10 Å². The number of non-ortho nitro benzene ring substituents is 1. The zero-order valence-corrected chi connectivity index (χ0v) is 19.4. The lowest BCUT2D eigenvalue weighted by Crippen LogP contribution is -2.15. The molecule has 0 spiro atoms. The van der Waals surface area contributed by atoms with Gasteiger partial charge in [0, 0.05) is 12.1 Å². The number of para-hydroxylation sites is 1. The average Bonchev–Trinajstić information content (AvgIpc) is 2.75. The zero-order chi connectivity index (χ0) is 23.5. The molecule has 0 amide bonds. The van der Waals surface area contributed by atoms with E-state index in [-0.39, 0.29) is 21.3 Å². The molecule has 0 aliphatic carbocycles. The smallest absolute Gasteiger partial charge is 0.270 e. The molecule has 2 N–H and O–H groups in total. The topological polar surface area (TPSA) is 114 Å². The van der Waals surface area contributed by atoms with Crippen molar-refractivity contribution in [3.05, 3.63) is 91.4 Å². The first kappa shape index (κ1) is 23.8. The molecule has 0 unspecified atom stereocenters. The number of hydrogen-bond donors (Lipinski definition) is 2. The SMILES string of the molecule is C/C(=N/Nc1ccc([N+](=O)[O-])cc1S(=O)(=O)Nc1ccccc1Cl)c1ccc(Cl)c(Cl)c1. The van der Waals surface area contributed by atoms with Crippen LogP contribution in [0.25, 0.3) is 0 Å². The fraction of sp³-hybridized carbons (Fsp3) is 0.0500. The Morgan fingerprint density at radius 3 is 2.31 bits per heavy atom. The normalized spacial score (nSPS) is 11.8. The number of hydrazone groups is 1. The van der Waals surface area contributed by atoms with Crippen LogP contribution in [0.3, 0.4) is 0 Å². The molecule has 3 aromatic carbocycles. The van der Waals surface area contributed by atoms with Crippen LogP contribution in [-0.2, 0) is 10.0 Å². The van der Waals surface area contributed by atoms with Gasteiger partial charge in [-0.25, -0.2) is 8.42 Å². The number of nitrogens with zero attached hydrogens (tertiary/aromatic N) is 2. The maximum absolute atomic E-state index is 13.0. The number of nitro benzene ring substituents is 1. The molecule has 3 aromatic rings. The monoisotopic (exact) mass is 512 g/mol. The maximum atomic E-state index is 13.0. The standard InChI is InChI=1S/C20H15Cl3N4O4S/c1-12(13-6-8-15(21)17(23)10-13)24-25-19-9-7-14(27(28)29)11-20(19)32(30,31)26-18-5-3-2-4-16(18)22/h2-11,25-26H,1H3/b24-12-. The third-order valence-corrected chi connectivity index (χ3v) is 6.74. The predicted octanol–water partition coefficient (Wildman–Crippen LogP) is 6.19. The first-order valence-electron chi connectivity index (χ1n) is 8.90. The van der Waals surface area contributed by atoms with Gasteiger partial charge in [-0.1, -0.05) is 53.0 Å². The van der Waals surface area contributed by atoms with Gasteiger partial charge in [-0.05, 0) is 42.8 Å². The van der Waals surface area contributed by atoms with E-state index in [9.17, 15) is 18.5 Å². The Kier molecular flexibility index (Phi) is 7.25. The van der Waals surface area contributed by atoms with Crippen molar-refractivity contribution in [3.63, 3.8) is 0 Å². The lowest BCUT2D eigenvalue weighted by atomic mass is 10.1. The van der Waals surface area contributed by atoms with Crippen LogP contribution in [0.15, 0.2) is 70.7 Å². The fourth-order valence-corrected chi connectivity index (χ4v) is 4.41. The number of anilines is 2. The van der Waals surface area contributed by atoms with Gasteiger partial charge in [-0.3, -0.25) is 20.3 Å². The van der Waals surface area contributed by atoms with Crippen molar-refractivity contribution in [2.75, 3.05) is 10.1 Å². The molecule has 0 aliphatic rings. The molecule has 0 fully saturated rings. The highest BCUT2D eigenvalue weighted by Crippen LogP contribution is 2.30. The third kappa shape index (κ3) is 5.49. The summed E-state index contributed by atoms with van der Waals surface area (Å²) in [6.45, 7) is 1.67. The Morgan fingerprint density at radius 1 is 0.938 bits per heavy atom. The number of halogens is 3. The van der Waals surface area contributed by atoms with Crippen LogP contribution in [0.4, 0.5) is 17.1 Å². The summed E-state index contributed by atoms with van der Waals surface area (Å²) in [6, 6.07) is 14.5. The largest absolute Gasteiger partial charge is 0.278 e. The van der Waals surface area contributed by atoms with Crippen LogP contribution in [0.5, 0.6) is 0 Å². The quantitative estimate of drug-likeness (QED) is 0.222. The molecular weight excluding hydrogens is 499 g/mol. The maximum Gasteiger partial charge on any atom is 0.270 e. The molecule has 0 aromatic heterocycles. The van der Waals surface area contributed by atoms with Crippen molar-refractivity contribution in [3.8, 4) is 0 Å². The molecule has 0 bridgehead atoms. The summed E-state index contributed by atoms with van der Waals surface area (Å²) in [6.07, 6.45) is 0. The first-order valence-corrected chi connectivity index (χ1v) is 11.5. The van der Waals surface area contributed by atoms with E-state index in [4.69, 9.17) is 34.8 Å². The van der Waals surface area contributed by atoms with E-state index in [0.717, 1.165) is 6.07 Å². The number of benzene rings is 3. The minimum atomic E-state index is -4.26. The average molecular weight is 514 g/mol. The number of hydrogen-bond acceptors (Lipinski definition) is 6. The van der Waals surface area contributed by atoms with Crippen molar-refractivity contribution in [2.45, 2.75) is 11.8 Å². The predicted molar refractivity (Wildman–Crippen MR) is 128 cm³/mol. The van der Waals surface area contributed by atoms with Crippen LogP contribution in [0.2, 0.25) is 15.1 Å². The van der Waals surface area contributed by atoms with Gasteiger partial charge in [0.25, 0.3) is 15.7 Å². The van der Waals surface area contributed by atoms with E-state index >= 15 is 0 Å². The highest BCUT2D eigenvalue weighted by atomic mass is 35.5. The van der Waals surface area contributed by atoms with Crippen molar-refractivity contribution >= 4 is 67.6 Å². The highest BCUT2D eigenvalue weighted by molar-refractivity contribution is 7.93. The summed E-state index contributed by atoms with van der Waals surface area (Å²) < 4.78 is 28.4. The van der Waals surface area contributed by atoms with Crippen LogP contribution in [-0.4, -0.2) is 19.1 Å². The molecule has 0 radical (unpaired) electrons. The Morgan fingerprint density at radius 2 is 1.66 bits per heavy atom. The number of nitrogens with one attached hydrogen (secondary N) is 2. The van der Waals surface area contributed by atoms with E-state index in [1.807, 2.05) is 0 Å². The summed E-state index contributed by atoms with van der Waals surface area (Å²) in [4.78, 5) is 10.1. The van der Waals surface area contributed by atoms with Gasteiger partial charge in [-0.15, -0.1) is 0 Å². The summed E-state index contributed by atoms with van der Waals surface area (Å²) in [5.41, 5.74) is 3.52. The van der Waals surface area contributed by atoms with Gasteiger partial charge < -0.3 is 0 Å². The van der Waals surface area contributed by atoms with Crippen molar-refractivity contribution in [1.82, 2.24) is 0 Å². The minimum absolute atomic E-state index is 0.0227. The molecule has 12 heteroatoms. The van der Waals surface area contributed by atoms with E-state index in [1.165, 1.54) is 24.3 Å². The summed E-state index contributed by atoms with van der Waals surface area (Å²) in [5, 5.41) is 16.3. The Bertz CT molecular complexity index is 1330. The van der Waals surface area contributed by atoms with Crippen molar-refractivity contribution in [1.29, 1.82) is 0 Å². The van der Waals surface area contributed by atoms with Gasteiger partial charge in [0.15, 0.2) is 0 Å². The molecule has 0 saturated carbocycles.